The minimum atomic E-state index is -4.70. The van der Waals surface area contributed by atoms with Gasteiger partial charge >= 0.3 is 5.97 Å². The number of nitrogens with one attached hydrogen (secondary N) is 1. The van der Waals surface area contributed by atoms with Crippen molar-refractivity contribution >= 4 is 19.7 Å². The Labute approximate surface area is 439 Å². The number of esters is 1. The molecule has 0 heterocycles. The average Bonchev–Trinajstić information content (AvgIpc) is 3.33. The molecule has 3 unspecified atom stereocenters. The number of allylic oxidation sites excluding steroid dienone is 9. The van der Waals surface area contributed by atoms with Crippen LogP contribution in [-0.4, -0.2) is 69.4 Å². The van der Waals surface area contributed by atoms with Crippen LogP contribution in [0.3, 0.4) is 0 Å². The van der Waals surface area contributed by atoms with Crippen molar-refractivity contribution in [3.8, 4) is 0 Å². The SMILES string of the molecule is CCCCC/C=C\C/C=C\CCCCCCCCCCCC(=O)NC(COP(=O)([O-])OCC[N+](C)(C)C)C(/C=C\CCCCCCCCCCC)OC(=O)CCCCCCCC/C=C/C=C/CCCCC. The van der Waals surface area contributed by atoms with Gasteiger partial charge in [0, 0.05) is 12.8 Å². The Bertz CT molecular complexity index is 1400. The van der Waals surface area contributed by atoms with E-state index in [1.165, 1.54) is 135 Å². The average molecular weight is 1020 g/mol. The van der Waals surface area contributed by atoms with Gasteiger partial charge in [-0.2, -0.15) is 0 Å². The zero-order valence-corrected chi connectivity index (χ0v) is 48.1. The first kappa shape index (κ1) is 68.7. The fourth-order valence-electron chi connectivity index (χ4n) is 8.31. The van der Waals surface area contributed by atoms with E-state index < -0.39 is 26.6 Å². The lowest BCUT2D eigenvalue weighted by Gasteiger charge is -2.30. The molecule has 0 radical (unpaired) electrons. The first-order valence-corrected chi connectivity index (χ1v) is 31.1. The molecule has 0 aliphatic carbocycles. The summed E-state index contributed by atoms with van der Waals surface area (Å²) >= 11 is 0. The second kappa shape index (κ2) is 51.2. The predicted octanol–water partition coefficient (Wildman–Crippen LogP) is 17.3. The Kier molecular flexibility index (Phi) is 49.6. The van der Waals surface area contributed by atoms with Crippen LogP contribution >= 0.6 is 7.82 Å². The third-order valence-corrected chi connectivity index (χ3v) is 13.9. The third kappa shape index (κ3) is 52.4. The lowest BCUT2D eigenvalue weighted by atomic mass is 10.0. The maximum absolute atomic E-state index is 13.5. The van der Waals surface area contributed by atoms with E-state index in [0.29, 0.717) is 17.4 Å². The number of nitrogens with zero attached hydrogens (tertiary/aromatic N) is 1. The van der Waals surface area contributed by atoms with Gasteiger partial charge in [0.1, 0.15) is 19.3 Å². The number of phosphoric ester groups is 1. The molecule has 0 rings (SSSR count). The first-order chi connectivity index (χ1) is 34.4. The van der Waals surface area contributed by atoms with Gasteiger partial charge in [-0.15, -0.1) is 0 Å². The maximum Gasteiger partial charge on any atom is 0.306 e. The summed E-state index contributed by atoms with van der Waals surface area (Å²) < 4.78 is 30.2. The number of rotatable bonds is 53. The highest BCUT2D eigenvalue weighted by atomic mass is 31.2. The molecule has 71 heavy (non-hydrogen) atoms. The van der Waals surface area contributed by atoms with Gasteiger partial charge in [0.15, 0.2) is 0 Å². The number of likely N-dealkylation sites (N-methyl/N-ethyl adjacent to an activating group) is 1. The minimum absolute atomic E-state index is 0.0264. The zero-order valence-electron chi connectivity index (χ0n) is 47.2. The second-order valence-electron chi connectivity index (χ2n) is 21.2. The van der Waals surface area contributed by atoms with E-state index in [4.69, 9.17) is 13.8 Å². The fourth-order valence-corrected chi connectivity index (χ4v) is 9.03. The van der Waals surface area contributed by atoms with Crippen LogP contribution in [0.15, 0.2) is 60.8 Å². The number of ether oxygens (including phenoxy) is 1. The Balaban J connectivity index is 5.28. The number of hydrogen-bond donors (Lipinski definition) is 1. The van der Waals surface area contributed by atoms with Crippen molar-refractivity contribution in [3.63, 3.8) is 0 Å². The van der Waals surface area contributed by atoms with Crippen LogP contribution in [-0.2, 0) is 27.9 Å². The summed E-state index contributed by atoms with van der Waals surface area (Å²) in [6.07, 6.45) is 63.2. The molecular weight excluding hydrogens is 904 g/mol. The van der Waals surface area contributed by atoms with Crippen molar-refractivity contribution < 1.29 is 37.3 Å². The van der Waals surface area contributed by atoms with E-state index in [1.54, 1.807) is 0 Å². The lowest BCUT2D eigenvalue weighted by Crippen LogP contribution is -2.47. The molecule has 0 spiro atoms. The fraction of sp³-hybridized carbons (Fsp3) is 0.803. The van der Waals surface area contributed by atoms with Crippen molar-refractivity contribution in [1.82, 2.24) is 5.32 Å². The number of quaternary nitrogens is 1. The monoisotopic (exact) mass is 1020 g/mol. The molecule has 0 bridgehead atoms. The summed E-state index contributed by atoms with van der Waals surface area (Å²) in [7, 11) is 1.17. The van der Waals surface area contributed by atoms with E-state index in [1.807, 2.05) is 33.3 Å². The topological polar surface area (TPSA) is 114 Å². The number of amides is 1. The largest absolute Gasteiger partial charge is 0.756 e. The van der Waals surface area contributed by atoms with Crippen LogP contribution in [0.1, 0.15) is 265 Å². The number of phosphoric acid groups is 1. The molecule has 414 valence electrons. The number of carbonyl (C=O) groups excluding carboxylic acids is 2. The van der Waals surface area contributed by atoms with Gasteiger partial charge in [0.05, 0.1) is 33.8 Å². The number of hydrogen-bond acceptors (Lipinski definition) is 7. The molecule has 0 aromatic heterocycles. The van der Waals surface area contributed by atoms with Crippen LogP contribution in [0.5, 0.6) is 0 Å². The van der Waals surface area contributed by atoms with Crippen molar-refractivity contribution in [1.29, 1.82) is 0 Å². The molecule has 10 heteroatoms. The highest BCUT2D eigenvalue weighted by molar-refractivity contribution is 7.45. The quantitative estimate of drug-likeness (QED) is 0.0161. The van der Waals surface area contributed by atoms with Crippen LogP contribution < -0.4 is 10.2 Å². The molecule has 0 aliphatic rings. The molecule has 0 aromatic rings. The minimum Gasteiger partial charge on any atom is -0.756 e. The van der Waals surface area contributed by atoms with Crippen molar-refractivity contribution in [2.45, 2.75) is 277 Å². The number of carbonyl (C=O) groups is 2. The van der Waals surface area contributed by atoms with E-state index in [-0.39, 0.29) is 24.9 Å². The highest BCUT2D eigenvalue weighted by Crippen LogP contribution is 2.38. The summed E-state index contributed by atoms with van der Waals surface area (Å²) in [5, 5.41) is 3.02. The Morgan fingerprint density at radius 2 is 0.901 bits per heavy atom. The zero-order chi connectivity index (χ0) is 52.2. The summed E-state index contributed by atoms with van der Waals surface area (Å²) in [4.78, 5) is 39.9. The predicted molar refractivity (Wildman–Crippen MR) is 302 cm³/mol. The summed E-state index contributed by atoms with van der Waals surface area (Å²) in [6.45, 7) is 6.77. The van der Waals surface area contributed by atoms with Crippen LogP contribution in [0.4, 0.5) is 0 Å². The van der Waals surface area contributed by atoms with Gasteiger partial charge in [0.25, 0.3) is 7.82 Å². The maximum atomic E-state index is 13.5. The van der Waals surface area contributed by atoms with Gasteiger partial charge in [0.2, 0.25) is 5.91 Å². The van der Waals surface area contributed by atoms with Crippen LogP contribution in [0, 0.1) is 0 Å². The lowest BCUT2D eigenvalue weighted by molar-refractivity contribution is -0.870. The third-order valence-electron chi connectivity index (χ3n) is 12.9. The first-order valence-electron chi connectivity index (χ1n) is 29.6. The molecule has 1 amide bonds. The van der Waals surface area contributed by atoms with Gasteiger partial charge < -0.3 is 28.5 Å². The molecular formula is C61H113N2O7P. The molecule has 9 nitrogen and oxygen atoms in total. The summed E-state index contributed by atoms with van der Waals surface area (Å²) in [5.74, 6) is -0.558. The van der Waals surface area contributed by atoms with Crippen molar-refractivity contribution in [3.05, 3.63) is 60.8 Å². The summed E-state index contributed by atoms with van der Waals surface area (Å²) in [6, 6.07) is -0.895. The van der Waals surface area contributed by atoms with E-state index >= 15 is 0 Å². The Morgan fingerprint density at radius 3 is 1.38 bits per heavy atom. The molecule has 0 saturated carbocycles. The van der Waals surface area contributed by atoms with E-state index in [0.717, 1.165) is 96.3 Å². The van der Waals surface area contributed by atoms with E-state index in [2.05, 4.69) is 74.7 Å². The standard InChI is InChI=1S/C61H113N2O7P/c1-7-10-13-16-19-22-25-27-29-30-31-32-34-35-38-41-44-47-50-53-60(64)62-58(57-69-71(66,67)68-56-55-63(4,5)6)59(52-49-46-43-40-37-24-21-18-15-12-9-3)70-61(65)54-51-48-45-42-39-36-33-28-26-23-20-17-14-11-8-2/h19-20,22-23,26-29,49,52,58-59H,7-18,21,24-25,30-48,50-51,53-57H2,1-6H3,(H-,62,64,66,67)/b22-19-,23-20+,28-26+,29-27-,52-49-. The van der Waals surface area contributed by atoms with Crippen LogP contribution in [0.2, 0.25) is 0 Å². The molecule has 0 aromatic carbocycles. The second-order valence-corrected chi connectivity index (χ2v) is 22.6. The molecule has 1 N–H and O–H groups in total. The van der Waals surface area contributed by atoms with Crippen molar-refractivity contribution in [2.75, 3.05) is 40.9 Å². The van der Waals surface area contributed by atoms with Gasteiger partial charge in [-0.1, -0.05) is 223 Å². The smallest absolute Gasteiger partial charge is 0.306 e. The molecule has 0 saturated heterocycles. The molecule has 0 aliphatic heterocycles. The normalized spacial score (nSPS) is 14.2. The van der Waals surface area contributed by atoms with Gasteiger partial charge in [-0.3, -0.25) is 14.2 Å². The molecule has 3 atom stereocenters. The van der Waals surface area contributed by atoms with Crippen LogP contribution in [0.25, 0.3) is 0 Å². The summed E-state index contributed by atoms with van der Waals surface area (Å²) in [5.41, 5.74) is 0. The van der Waals surface area contributed by atoms with Gasteiger partial charge in [-0.25, -0.2) is 0 Å². The Hall–Kier alpha value is -2.29. The number of unbranched alkanes of at least 4 members (excludes halogenated alkanes) is 30. The highest BCUT2D eigenvalue weighted by Gasteiger charge is 2.27. The Morgan fingerprint density at radius 1 is 0.507 bits per heavy atom. The molecule has 0 fully saturated rings. The van der Waals surface area contributed by atoms with E-state index in [9.17, 15) is 19.0 Å². The van der Waals surface area contributed by atoms with Crippen molar-refractivity contribution in [2.24, 2.45) is 0 Å². The van der Waals surface area contributed by atoms with Gasteiger partial charge in [-0.05, 0) is 89.5 Å².